The summed E-state index contributed by atoms with van der Waals surface area (Å²) in [5.74, 6) is 0.622. The molecule has 1 aromatic rings. The number of carbonyl (C=O) groups is 1. The van der Waals surface area contributed by atoms with Gasteiger partial charge in [0.25, 0.3) is 0 Å². The van der Waals surface area contributed by atoms with E-state index in [1.807, 2.05) is 58.9 Å². The number of nitrogens with one attached hydrogen (secondary N) is 1. The van der Waals surface area contributed by atoms with Gasteiger partial charge in [-0.15, -0.1) is 0 Å². The Hall–Kier alpha value is -1.55. The minimum Gasteiger partial charge on any atom is -0.491 e. The molecule has 1 unspecified atom stereocenters. The zero-order valence-electron chi connectivity index (χ0n) is 13.6. The molecule has 4 nitrogen and oxygen atoms in total. The van der Waals surface area contributed by atoms with E-state index in [0.29, 0.717) is 0 Å². The van der Waals surface area contributed by atoms with Crippen molar-refractivity contribution in [1.82, 2.24) is 5.32 Å². The third-order valence-electron chi connectivity index (χ3n) is 3.18. The van der Waals surface area contributed by atoms with Crippen molar-refractivity contribution >= 4 is 5.91 Å². The summed E-state index contributed by atoms with van der Waals surface area (Å²) in [6.07, 6.45) is -0.250. The summed E-state index contributed by atoms with van der Waals surface area (Å²) >= 11 is 0. The lowest BCUT2D eigenvalue weighted by molar-refractivity contribution is -0.121. The van der Waals surface area contributed by atoms with Gasteiger partial charge < -0.3 is 15.2 Å². The van der Waals surface area contributed by atoms with Crippen molar-refractivity contribution < 1.29 is 14.6 Å². The van der Waals surface area contributed by atoms with Gasteiger partial charge in [-0.1, -0.05) is 39.0 Å². The second kappa shape index (κ2) is 7.46. The molecule has 4 heteroatoms. The zero-order valence-corrected chi connectivity index (χ0v) is 13.6. The van der Waals surface area contributed by atoms with Gasteiger partial charge in [0.15, 0.2) is 0 Å². The van der Waals surface area contributed by atoms with E-state index in [-0.39, 0.29) is 30.4 Å². The molecule has 1 rings (SSSR count). The van der Waals surface area contributed by atoms with Gasteiger partial charge in [0, 0.05) is 12.1 Å². The van der Waals surface area contributed by atoms with Crippen molar-refractivity contribution in [2.75, 3.05) is 6.54 Å². The summed E-state index contributed by atoms with van der Waals surface area (Å²) in [5.41, 5.74) is 0.611. The summed E-state index contributed by atoms with van der Waals surface area (Å²) in [4.78, 5) is 12.0. The van der Waals surface area contributed by atoms with Gasteiger partial charge in [0.05, 0.1) is 18.6 Å². The first-order valence-corrected chi connectivity index (χ1v) is 7.39. The maximum Gasteiger partial charge on any atom is 0.224 e. The molecule has 2 N–H and O–H groups in total. The first-order valence-electron chi connectivity index (χ1n) is 7.39. The number of aliphatic hydroxyl groups excluding tert-OH is 1. The highest BCUT2D eigenvalue weighted by molar-refractivity contribution is 5.79. The number of rotatable bonds is 6. The van der Waals surface area contributed by atoms with E-state index in [9.17, 15) is 9.90 Å². The predicted octanol–water partition coefficient (Wildman–Crippen LogP) is 2.54. The fourth-order valence-corrected chi connectivity index (χ4v) is 1.77. The van der Waals surface area contributed by atoms with Gasteiger partial charge in [-0.05, 0) is 25.3 Å². The largest absolute Gasteiger partial charge is 0.491 e. The third kappa shape index (κ3) is 6.17. The standard InChI is InChI=1S/C17H27NO3/c1-12(2)21-14-9-7-6-8-13(14)10-16(20)18-11-15(19)17(3,4)5/h6-9,12,15,19H,10-11H2,1-5H3,(H,18,20). The van der Waals surface area contributed by atoms with Crippen LogP contribution >= 0.6 is 0 Å². The summed E-state index contributed by atoms with van der Waals surface area (Å²) in [5, 5.41) is 12.7. The van der Waals surface area contributed by atoms with E-state index in [0.717, 1.165) is 11.3 Å². The first kappa shape index (κ1) is 17.5. The molecule has 0 aliphatic heterocycles. The molecule has 0 heterocycles. The van der Waals surface area contributed by atoms with Crippen LogP contribution in [0.2, 0.25) is 0 Å². The van der Waals surface area contributed by atoms with Crippen molar-refractivity contribution in [2.24, 2.45) is 5.41 Å². The number of carbonyl (C=O) groups excluding carboxylic acids is 1. The Morgan fingerprint density at radius 2 is 1.90 bits per heavy atom. The van der Waals surface area contributed by atoms with Gasteiger partial charge in [-0.25, -0.2) is 0 Å². The van der Waals surface area contributed by atoms with Crippen LogP contribution in [0.3, 0.4) is 0 Å². The summed E-state index contributed by atoms with van der Waals surface area (Å²) in [7, 11) is 0. The Morgan fingerprint density at radius 3 is 2.48 bits per heavy atom. The fraction of sp³-hybridized carbons (Fsp3) is 0.588. The number of para-hydroxylation sites is 1. The van der Waals surface area contributed by atoms with Crippen molar-refractivity contribution in [1.29, 1.82) is 0 Å². The fourth-order valence-electron chi connectivity index (χ4n) is 1.77. The highest BCUT2D eigenvalue weighted by Gasteiger charge is 2.22. The van der Waals surface area contributed by atoms with Gasteiger partial charge in [0.1, 0.15) is 5.75 Å². The summed E-state index contributed by atoms with van der Waals surface area (Å²) < 4.78 is 5.70. The molecule has 0 bridgehead atoms. The van der Waals surface area contributed by atoms with E-state index in [1.54, 1.807) is 0 Å². The maximum absolute atomic E-state index is 12.0. The molecule has 0 aliphatic rings. The lowest BCUT2D eigenvalue weighted by Crippen LogP contribution is -2.39. The monoisotopic (exact) mass is 293 g/mol. The highest BCUT2D eigenvalue weighted by atomic mass is 16.5. The molecule has 0 aliphatic carbocycles. The molecular formula is C17H27NO3. The van der Waals surface area contributed by atoms with Crippen molar-refractivity contribution in [2.45, 2.75) is 53.2 Å². The molecular weight excluding hydrogens is 266 g/mol. The number of aliphatic hydroxyl groups is 1. The topological polar surface area (TPSA) is 58.6 Å². The average molecular weight is 293 g/mol. The Kier molecular flexibility index (Phi) is 6.21. The van der Waals surface area contributed by atoms with Crippen molar-refractivity contribution in [3.63, 3.8) is 0 Å². The molecule has 0 fully saturated rings. The van der Waals surface area contributed by atoms with Crippen LogP contribution < -0.4 is 10.1 Å². The maximum atomic E-state index is 12.0. The van der Waals surface area contributed by atoms with Crippen LogP contribution in [-0.2, 0) is 11.2 Å². The smallest absolute Gasteiger partial charge is 0.224 e. The number of amides is 1. The molecule has 0 saturated carbocycles. The van der Waals surface area contributed by atoms with Crippen molar-refractivity contribution in [3.8, 4) is 5.75 Å². The molecule has 118 valence electrons. The van der Waals surface area contributed by atoms with Gasteiger partial charge in [-0.3, -0.25) is 4.79 Å². The van der Waals surface area contributed by atoms with Crippen LogP contribution in [0.4, 0.5) is 0 Å². The van der Waals surface area contributed by atoms with E-state index in [2.05, 4.69) is 5.32 Å². The predicted molar refractivity (Wildman–Crippen MR) is 84.4 cm³/mol. The average Bonchev–Trinajstić information content (AvgIpc) is 2.36. The Bertz CT molecular complexity index is 463. The molecule has 1 amide bonds. The Balaban J connectivity index is 2.59. The van der Waals surface area contributed by atoms with Crippen molar-refractivity contribution in [3.05, 3.63) is 29.8 Å². The number of ether oxygens (including phenoxy) is 1. The molecule has 21 heavy (non-hydrogen) atoms. The Labute approximate surface area is 127 Å². The lowest BCUT2D eigenvalue weighted by atomic mass is 9.89. The molecule has 0 radical (unpaired) electrons. The minimum absolute atomic E-state index is 0.0666. The lowest BCUT2D eigenvalue weighted by Gasteiger charge is -2.26. The van der Waals surface area contributed by atoms with Crippen LogP contribution in [0.15, 0.2) is 24.3 Å². The minimum atomic E-state index is -0.566. The molecule has 0 saturated heterocycles. The van der Waals surface area contributed by atoms with E-state index < -0.39 is 6.10 Å². The SMILES string of the molecule is CC(C)Oc1ccccc1CC(=O)NCC(O)C(C)(C)C. The van der Waals surface area contributed by atoms with E-state index in [1.165, 1.54) is 0 Å². The van der Waals surface area contributed by atoms with Crippen LogP contribution in [0, 0.1) is 5.41 Å². The van der Waals surface area contributed by atoms with Crippen LogP contribution in [0.25, 0.3) is 0 Å². The number of hydrogen-bond donors (Lipinski definition) is 2. The van der Waals surface area contributed by atoms with Crippen LogP contribution in [0.5, 0.6) is 5.75 Å². The van der Waals surface area contributed by atoms with Gasteiger partial charge >= 0.3 is 0 Å². The van der Waals surface area contributed by atoms with E-state index in [4.69, 9.17) is 4.74 Å². The quantitative estimate of drug-likeness (QED) is 0.847. The second-order valence-corrected chi connectivity index (χ2v) is 6.64. The Morgan fingerprint density at radius 1 is 1.29 bits per heavy atom. The number of benzene rings is 1. The third-order valence-corrected chi connectivity index (χ3v) is 3.18. The van der Waals surface area contributed by atoms with Gasteiger partial charge in [0.2, 0.25) is 5.91 Å². The van der Waals surface area contributed by atoms with Gasteiger partial charge in [-0.2, -0.15) is 0 Å². The molecule has 1 aromatic carbocycles. The molecule has 0 aromatic heterocycles. The van der Waals surface area contributed by atoms with E-state index >= 15 is 0 Å². The molecule has 0 spiro atoms. The first-order chi connectivity index (χ1) is 9.70. The molecule has 1 atom stereocenters. The van der Waals surface area contributed by atoms with Crippen LogP contribution in [-0.4, -0.2) is 29.8 Å². The summed E-state index contributed by atoms with van der Waals surface area (Å²) in [6, 6.07) is 7.53. The summed E-state index contributed by atoms with van der Waals surface area (Å²) in [6.45, 7) is 9.99. The normalized spacial score (nSPS) is 13.1. The highest BCUT2D eigenvalue weighted by Crippen LogP contribution is 2.20. The van der Waals surface area contributed by atoms with Crippen LogP contribution in [0.1, 0.15) is 40.2 Å². The number of hydrogen-bond acceptors (Lipinski definition) is 3. The zero-order chi connectivity index (χ0) is 16.0. The second-order valence-electron chi connectivity index (χ2n) is 6.64.